The Labute approximate surface area is 126 Å². The zero-order chi connectivity index (χ0) is 14.7. The van der Waals surface area contributed by atoms with E-state index in [-0.39, 0.29) is 18.0 Å². The summed E-state index contributed by atoms with van der Waals surface area (Å²) in [6.07, 6.45) is 2.91. The van der Waals surface area contributed by atoms with E-state index in [4.69, 9.17) is 0 Å². The highest BCUT2D eigenvalue weighted by molar-refractivity contribution is 5.82. The molecule has 5 heteroatoms. The van der Waals surface area contributed by atoms with Crippen LogP contribution in [-0.2, 0) is 4.79 Å². The van der Waals surface area contributed by atoms with Gasteiger partial charge in [-0.2, -0.15) is 0 Å². The van der Waals surface area contributed by atoms with Crippen LogP contribution in [0.1, 0.15) is 30.9 Å². The molecule has 2 fully saturated rings. The second-order valence-corrected chi connectivity index (χ2v) is 5.93. The van der Waals surface area contributed by atoms with Crippen molar-refractivity contribution in [3.63, 3.8) is 0 Å². The van der Waals surface area contributed by atoms with Crippen molar-refractivity contribution in [1.82, 2.24) is 21.1 Å². The largest absolute Gasteiger partial charge is 0.341 e. The summed E-state index contributed by atoms with van der Waals surface area (Å²) in [5, 5.41) is 3.30. The minimum Gasteiger partial charge on any atom is -0.341 e. The van der Waals surface area contributed by atoms with Crippen molar-refractivity contribution in [1.29, 1.82) is 0 Å². The van der Waals surface area contributed by atoms with E-state index in [1.54, 1.807) is 0 Å². The molecule has 21 heavy (non-hydrogen) atoms. The summed E-state index contributed by atoms with van der Waals surface area (Å²) in [5.41, 5.74) is 7.65. The molecule has 0 saturated carbocycles. The average Bonchev–Trinajstić information content (AvgIpc) is 3.05. The van der Waals surface area contributed by atoms with E-state index in [0.717, 1.165) is 32.4 Å². The molecule has 1 aromatic rings. The predicted molar refractivity (Wildman–Crippen MR) is 82.5 cm³/mol. The number of carbonyl (C=O) groups is 1. The molecule has 0 aromatic heterocycles. The molecule has 0 radical (unpaired) electrons. The van der Waals surface area contributed by atoms with Gasteiger partial charge in [0.2, 0.25) is 5.91 Å². The Balaban J connectivity index is 1.55. The Morgan fingerprint density at radius 2 is 1.90 bits per heavy atom. The van der Waals surface area contributed by atoms with Crippen molar-refractivity contribution >= 4 is 5.91 Å². The third kappa shape index (κ3) is 3.26. The van der Waals surface area contributed by atoms with Crippen molar-refractivity contribution in [3.8, 4) is 0 Å². The van der Waals surface area contributed by atoms with Gasteiger partial charge in [-0.1, -0.05) is 30.3 Å². The molecule has 0 aliphatic carbocycles. The minimum absolute atomic E-state index is 0.110. The first kappa shape index (κ1) is 14.5. The average molecular weight is 288 g/mol. The molecule has 3 N–H and O–H groups in total. The van der Waals surface area contributed by atoms with Gasteiger partial charge in [-0.15, -0.1) is 0 Å². The molecule has 2 aliphatic rings. The first-order valence-electron chi connectivity index (χ1n) is 7.80. The van der Waals surface area contributed by atoms with Crippen molar-refractivity contribution < 1.29 is 4.79 Å². The number of hydrogen-bond acceptors (Lipinski definition) is 4. The molecule has 5 nitrogen and oxygen atoms in total. The Kier molecular flexibility index (Phi) is 4.53. The molecule has 2 unspecified atom stereocenters. The summed E-state index contributed by atoms with van der Waals surface area (Å²) < 4.78 is 0. The van der Waals surface area contributed by atoms with Crippen LogP contribution in [0.25, 0.3) is 0 Å². The summed E-state index contributed by atoms with van der Waals surface area (Å²) in [7, 11) is 2.00. The summed E-state index contributed by atoms with van der Waals surface area (Å²) in [4.78, 5) is 14.6. The second-order valence-electron chi connectivity index (χ2n) is 5.93. The second kappa shape index (κ2) is 6.56. The van der Waals surface area contributed by atoms with Crippen LogP contribution in [-0.4, -0.2) is 43.0 Å². The van der Waals surface area contributed by atoms with Crippen LogP contribution in [0.2, 0.25) is 0 Å². The van der Waals surface area contributed by atoms with Crippen LogP contribution in [0.3, 0.4) is 0 Å². The van der Waals surface area contributed by atoms with Crippen LogP contribution in [0.4, 0.5) is 0 Å². The van der Waals surface area contributed by atoms with Crippen LogP contribution >= 0.6 is 0 Å². The molecular weight excluding hydrogens is 264 g/mol. The molecule has 114 valence electrons. The van der Waals surface area contributed by atoms with E-state index in [0.29, 0.717) is 6.04 Å². The maximum atomic E-state index is 12.6. The lowest BCUT2D eigenvalue weighted by molar-refractivity contribution is -0.134. The number of likely N-dealkylation sites (tertiary alicyclic amines) is 1. The van der Waals surface area contributed by atoms with E-state index < -0.39 is 0 Å². The van der Waals surface area contributed by atoms with Gasteiger partial charge in [0, 0.05) is 25.2 Å². The number of piperidine rings is 1. The first-order valence-corrected chi connectivity index (χ1v) is 7.80. The smallest absolute Gasteiger partial charge is 0.241 e. The maximum absolute atomic E-state index is 12.6. The summed E-state index contributed by atoms with van der Waals surface area (Å²) in [6, 6.07) is 11.0. The Morgan fingerprint density at radius 1 is 1.19 bits per heavy atom. The molecule has 0 bridgehead atoms. The quantitative estimate of drug-likeness (QED) is 0.770. The maximum Gasteiger partial charge on any atom is 0.241 e. The van der Waals surface area contributed by atoms with Crippen molar-refractivity contribution in [2.24, 2.45) is 0 Å². The van der Waals surface area contributed by atoms with Gasteiger partial charge in [0.25, 0.3) is 0 Å². The standard InChI is InChI=1S/C16H24N4O/c1-17-13-7-9-20(10-8-13)16(21)15-11-14(18-19-15)12-5-3-2-4-6-12/h2-6,13-15,17-19H,7-11H2,1H3. The normalized spacial score (nSPS) is 27.0. The monoisotopic (exact) mass is 288 g/mol. The number of rotatable bonds is 3. The lowest BCUT2D eigenvalue weighted by Crippen LogP contribution is -2.50. The van der Waals surface area contributed by atoms with Crippen molar-refractivity contribution in [2.75, 3.05) is 20.1 Å². The minimum atomic E-state index is -0.110. The number of nitrogens with zero attached hydrogens (tertiary/aromatic N) is 1. The predicted octanol–water partition coefficient (Wildman–Crippen LogP) is 0.805. The van der Waals surface area contributed by atoms with Gasteiger partial charge in [0.1, 0.15) is 6.04 Å². The summed E-state index contributed by atoms with van der Waals surface area (Å²) in [5.74, 6) is 0.232. The lowest BCUT2D eigenvalue weighted by Gasteiger charge is -2.33. The third-order valence-corrected chi connectivity index (χ3v) is 4.62. The number of nitrogens with one attached hydrogen (secondary N) is 3. The van der Waals surface area contributed by atoms with E-state index in [1.165, 1.54) is 5.56 Å². The summed E-state index contributed by atoms with van der Waals surface area (Å²) in [6.45, 7) is 1.72. The number of carbonyl (C=O) groups excluding carboxylic acids is 1. The molecule has 1 aromatic carbocycles. The molecule has 2 heterocycles. The SMILES string of the molecule is CNC1CCN(C(=O)C2CC(c3ccccc3)NN2)CC1. The van der Waals surface area contributed by atoms with Gasteiger partial charge in [-0.05, 0) is 31.9 Å². The highest BCUT2D eigenvalue weighted by atomic mass is 16.2. The van der Waals surface area contributed by atoms with Gasteiger partial charge < -0.3 is 10.2 Å². The third-order valence-electron chi connectivity index (χ3n) is 4.62. The Bertz CT molecular complexity index is 470. The number of amides is 1. The molecule has 1 amide bonds. The fourth-order valence-corrected chi connectivity index (χ4v) is 3.23. The molecule has 2 aliphatic heterocycles. The van der Waals surface area contributed by atoms with Crippen molar-refractivity contribution in [2.45, 2.75) is 37.4 Å². The van der Waals surface area contributed by atoms with Crippen LogP contribution in [0, 0.1) is 0 Å². The van der Waals surface area contributed by atoms with Gasteiger partial charge in [0.15, 0.2) is 0 Å². The van der Waals surface area contributed by atoms with E-state index in [1.807, 2.05) is 30.1 Å². The first-order chi connectivity index (χ1) is 10.3. The number of hydrogen-bond donors (Lipinski definition) is 3. The molecule has 3 rings (SSSR count). The molecular formula is C16H24N4O. The topological polar surface area (TPSA) is 56.4 Å². The van der Waals surface area contributed by atoms with Gasteiger partial charge in [-0.3, -0.25) is 4.79 Å². The van der Waals surface area contributed by atoms with Crippen LogP contribution in [0.5, 0.6) is 0 Å². The fourth-order valence-electron chi connectivity index (χ4n) is 3.23. The van der Waals surface area contributed by atoms with Crippen LogP contribution in [0.15, 0.2) is 30.3 Å². The van der Waals surface area contributed by atoms with Gasteiger partial charge in [-0.25, -0.2) is 10.9 Å². The van der Waals surface area contributed by atoms with Gasteiger partial charge in [0.05, 0.1) is 0 Å². The van der Waals surface area contributed by atoms with Crippen molar-refractivity contribution in [3.05, 3.63) is 35.9 Å². The van der Waals surface area contributed by atoms with Crippen LogP contribution < -0.4 is 16.2 Å². The molecule has 0 spiro atoms. The molecule has 2 saturated heterocycles. The number of hydrazine groups is 1. The summed E-state index contributed by atoms with van der Waals surface area (Å²) >= 11 is 0. The number of benzene rings is 1. The highest BCUT2D eigenvalue weighted by Crippen LogP contribution is 2.23. The highest BCUT2D eigenvalue weighted by Gasteiger charge is 2.34. The zero-order valence-corrected chi connectivity index (χ0v) is 12.5. The van der Waals surface area contributed by atoms with E-state index in [9.17, 15) is 4.79 Å². The fraction of sp³-hybridized carbons (Fsp3) is 0.562. The zero-order valence-electron chi connectivity index (χ0n) is 12.5. The Hall–Kier alpha value is -1.43. The Morgan fingerprint density at radius 3 is 2.57 bits per heavy atom. The molecule has 2 atom stereocenters. The van der Waals surface area contributed by atoms with E-state index in [2.05, 4.69) is 28.3 Å². The van der Waals surface area contributed by atoms with Gasteiger partial charge >= 0.3 is 0 Å². The van der Waals surface area contributed by atoms with E-state index >= 15 is 0 Å². The lowest BCUT2D eigenvalue weighted by atomic mass is 10.00.